The molecule has 1 aliphatic carbocycles. The second-order valence-electron chi connectivity index (χ2n) is 8.67. The van der Waals surface area contributed by atoms with E-state index in [2.05, 4.69) is 46.2 Å². The van der Waals surface area contributed by atoms with E-state index in [1.54, 1.807) is 0 Å². The van der Waals surface area contributed by atoms with E-state index >= 15 is 0 Å². The molecule has 2 heteroatoms. The lowest BCUT2D eigenvalue weighted by Gasteiger charge is -2.56. The van der Waals surface area contributed by atoms with Gasteiger partial charge in [0.2, 0.25) is 0 Å². The number of rotatable bonds is 14. The smallest absolute Gasteiger partial charge is 0.0119 e. The highest BCUT2D eigenvalue weighted by molar-refractivity contribution is 7.19. The van der Waals surface area contributed by atoms with Crippen LogP contribution in [0.2, 0.25) is 0 Å². The molecule has 0 aliphatic heterocycles. The van der Waals surface area contributed by atoms with Gasteiger partial charge in [0, 0.05) is 0 Å². The van der Waals surface area contributed by atoms with Gasteiger partial charge >= 0.3 is 0 Å². The summed E-state index contributed by atoms with van der Waals surface area (Å²) in [5.41, 5.74) is 0. The summed E-state index contributed by atoms with van der Waals surface area (Å²) >= 11 is 0. The van der Waals surface area contributed by atoms with Crippen LogP contribution in [0, 0.1) is 11.8 Å². The van der Waals surface area contributed by atoms with Crippen molar-refractivity contribution >= 4 is 18.5 Å². The normalized spacial score (nSPS) is 21.8. The molecule has 0 amide bonds. The molecule has 4 atom stereocenters. The van der Waals surface area contributed by atoms with Crippen molar-refractivity contribution < 1.29 is 0 Å². The summed E-state index contributed by atoms with van der Waals surface area (Å²) in [5, 5.41) is 1.05. The average molecular weight is 373 g/mol. The molecule has 4 unspecified atom stereocenters. The Kier molecular flexibility index (Phi) is 11.0. The first kappa shape index (κ1) is 22.9. The molecule has 0 heterocycles. The summed E-state index contributed by atoms with van der Waals surface area (Å²) in [6.07, 6.45) is 19.7. The van der Waals surface area contributed by atoms with Crippen molar-refractivity contribution in [3.63, 3.8) is 0 Å². The Labute approximate surface area is 158 Å². The fourth-order valence-corrected chi connectivity index (χ4v) is 6.51. The summed E-state index contributed by atoms with van der Waals surface area (Å²) in [7, 11) is 6.79. The van der Waals surface area contributed by atoms with Crippen molar-refractivity contribution in [2.45, 2.75) is 128 Å². The van der Waals surface area contributed by atoms with E-state index in [1.165, 1.54) is 89.9 Å². The zero-order valence-electron chi connectivity index (χ0n) is 17.2. The predicted octanol–water partition coefficient (Wildman–Crippen LogP) is 8.00. The van der Waals surface area contributed by atoms with E-state index in [0.29, 0.717) is 10.3 Å². The molecular weight excluding hydrogens is 326 g/mol. The second-order valence-corrected chi connectivity index (χ2v) is 11.0. The highest BCUT2D eigenvalue weighted by atomic mass is 31.0. The Morgan fingerprint density at radius 1 is 0.583 bits per heavy atom. The Hall–Kier alpha value is 0.860. The topological polar surface area (TPSA) is 0 Å². The van der Waals surface area contributed by atoms with Crippen molar-refractivity contribution in [3.05, 3.63) is 0 Å². The van der Waals surface area contributed by atoms with Crippen LogP contribution in [0.15, 0.2) is 0 Å². The predicted molar refractivity (Wildman–Crippen MR) is 119 cm³/mol. The van der Waals surface area contributed by atoms with Crippen LogP contribution in [0.4, 0.5) is 0 Å². The van der Waals surface area contributed by atoms with E-state index in [9.17, 15) is 0 Å². The Morgan fingerprint density at radius 3 is 1.00 bits per heavy atom. The summed E-state index contributed by atoms with van der Waals surface area (Å²) in [6.45, 7) is 9.41. The van der Waals surface area contributed by atoms with E-state index in [0.717, 1.165) is 11.8 Å². The van der Waals surface area contributed by atoms with Crippen LogP contribution >= 0.6 is 18.5 Å². The van der Waals surface area contributed by atoms with Crippen molar-refractivity contribution in [1.82, 2.24) is 0 Å². The van der Waals surface area contributed by atoms with Crippen molar-refractivity contribution in [2.24, 2.45) is 11.8 Å². The van der Waals surface area contributed by atoms with Crippen LogP contribution in [0.25, 0.3) is 0 Å². The monoisotopic (exact) mass is 372 g/mol. The van der Waals surface area contributed by atoms with Gasteiger partial charge in [0.15, 0.2) is 0 Å². The summed E-state index contributed by atoms with van der Waals surface area (Å²) in [5.74, 6) is 1.90. The van der Waals surface area contributed by atoms with Crippen molar-refractivity contribution in [1.29, 1.82) is 0 Å². The number of unbranched alkanes of at least 4 members (excludes halogenated alkanes) is 4. The zero-order chi connectivity index (χ0) is 18.1. The molecule has 0 saturated heterocycles. The molecule has 0 aromatic heterocycles. The zero-order valence-corrected chi connectivity index (χ0v) is 19.5. The molecule has 1 rings (SSSR count). The molecule has 0 bridgehead atoms. The minimum Gasteiger partial charge on any atom is -0.131 e. The van der Waals surface area contributed by atoms with E-state index in [-0.39, 0.29) is 0 Å². The van der Waals surface area contributed by atoms with Crippen LogP contribution < -0.4 is 0 Å². The van der Waals surface area contributed by atoms with Gasteiger partial charge in [-0.1, -0.05) is 79.1 Å². The number of hydrogen-bond acceptors (Lipinski definition) is 0. The van der Waals surface area contributed by atoms with E-state index in [1.807, 2.05) is 0 Å². The first-order valence-corrected chi connectivity index (χ1v) is 12.2. The maximum absolute atomic E-state index is 3.40. The lowest BCUT2D eigenvalue weighted by atomic mass is 9.58. The molecule has 1 saturated carbocycles. The van der Waals surface area contributed by atoms with E-state index in [4.69, 9.17) is 0 Å². The van der Waals surface area contributed by atoms with Gasteiger partial charge < -0.3 is 0 Å². The number of hydrogen-bond donors (Lipinski definition) is 0. The van der Waals surface area contributed by atoms with Gasteiger partial charge in [-0.25, -0.2) is 0 Å². The molecule has 0 aromatic rings. The van der Waals surface area contributed by atoms with Gasteiger partial charge in [-0.3, -0.25) is 0 Å². The minimum atomic E-state index is 0.523. The van der Waals surface area contributed by atoms with Gasteiger partial charge in [0.25, 0.3) is 0 Å². The summed E-state index contributed by atoms with van der Waals surface area (Å²) in [4.78, 5) is 0. The second kappa shape index (κ2) is 11.5. The van der Waals surface area contributed by atoms with Gasteiger partial charge in [-0.15, -0.1) is 18.5 Å². The SMILES string of the molecule is CCCCC(P)(CCCC)C1CCC1C(P)(CCCC)CCCC. The third-order valence-corrected chi connectivity index (χ3v) is 8.75. The summed E-state index contributed by atoms with van der Waals surface area (Å²) in [6, 6.07) is 0. The molecule has 0 aromatic carbocycles. The third-order valence-electron chi connectivity index (χ3n) is 6.73. The van der Waals surface area contributed by atoms with Crippen LogP contribution in [0.3, 0.4) is 0 Å². The maximum Gasteiger partial charge on any atom is -0.0119 e. The lowest BCUT2D eigenvalue weighted by Crippen LogP contribution is -2.51. The molecular formula is C22H46P2. The van der Waals surface area contributed by atoms with E-state index < -0.39 is 0 Å². The Balaban J connectivity index is 2.86. The molecule has 24 heavy (non-hydrogen) atoms. The molecule has 0 N–H and O–H groups in total. The highest BCUT2D eigenvalue weighted by Crippen LogP contribution is 2.58. The largest absolute Gasteiger partial charge is 0.131 e. The fraction of sp³-hybridized carbons (Fsp3) is 1.00. The lowest BCUT2D eigenvalue weighted by molar-refractivity contribution is 0.0652. The molecule has 0 nitrogen and oxygen atoms in total. The molecule has 144 valence electrons. The Morgan fingerprint density at radius 2 is 0.833 bits per heavy atom. The highest BCUT2D eigenvalue weighted by Gasteiger charge is 2.50. The first-order valence-electron chi connectivity index (χ1n) is 11.0. The van der Waals surface area contributed by atoms with Crippen molar-refractivity contribution in [2.75, 3.05) is 0 Å². The molecule has 1 fully saturated rings. The van der Waals surface area contributed by atoms with Crippen LogP contribution in [-0.4, -0.2) is 10.3 Å². The average Bonchev–Trinajstić information content (AvgIpc) is 2.53. The summed E-state index contributed by atoms with van der Waals surface area (Å²) < 4.78 is 0. The van der Waals surface area contributed by atoms with Crippen LogP contribution in [0.5, 0.6) is 0 Å². The standard InChI is InChI=1S/C22H46P2/c1-5-9-15-21(23,16-10-6-2)19-13-14-20(19)22(24,17-11-7-3)18-12-8-4/h19-20H,5-18,23-24H2,1-4H3. The van der Waals surface area contributed by atoms with Crippen LogP contribution in [-0.2, 0) is 0 Å². The van der Waals surface area contributed by atoms with Crippen LogP contribution in [0.1, 0.15) is 118 Å². The van der Waals surface area contributed by atoms with Gasteiger partial charge in [0.05, 0.1) is 0 Å². The third kappa shape index (κ3) is 6.23. The van der Waals surface area contributed by atoms with Gasteiger partial charge in [0.1, 0.15) is 0 Å². The van der Waals surface area contributed by atoms with Gasteiger partial charge in [-0.05, 0) is 60.7 Å². The fourth-order valence-electron chi connectivity index (χ4n) is 4.89. The molecule has 0 radical (unpaired) electrons. The molecule has 0 spiro atoms. The Bertz CT molecular complexity index is 278. The first-order chi connectivity index (χ1) is 11.5. The quantitative estimate of drug-likeness (QED) is 0.271. The molecule has 1 aliphatic rings. The van der Waals surface area contributed by atoms with Crippen molar-refractivity contribution in [3.8, 4) is 0 Å². The van der Waals surface area contributed by atoms with Gasteiger partial charge in [-0.2, -0.15) is 0 Å². The minimum absolute atomic E-state index is 0.523. The maximum atomic E-state index is 3.40.